The second-order valence-corrected chi connectivity index (χ2v) is 7.60. The lowest BCUT2D eigenvalue weighted by Crippen LogP contribution is -2.42. The number of urea groups is 1. The van der Waals surface area contributed by atoms with Crippen molar-refractivity contribution in [1.29, 1.82) is 0 Å². The number of aromatic nitrogens is 3. The molecule has 3 rings (SSSR count). The molecule has 0 unspecified atom stereocenters. The molecule has 1 aliphatic heterocycles. The highest BCUT2D eigenvalue weighted by Gasteiger charge is 2.25. The van der Waals surface area contributed by atoms with E-state index in [1.165, 1.54) is 6.42 Å². The molecule has 2 heterocycles. The summed E-state index contributed by atoms with van der Waals surface area (Å²) in [7, 11) is 0. The van der Waals surface area contributed by atoms with Gasteiger partial charge in [0.2, 0.25) is 0 Å². The van der Waals surface area contributed by atoms with Crippen molar-refractivity contribution in [2.24, 2.45) is 0 Å². The lowest BCUT2D eigenvalue weighted by Gasteiger charge is -2.14. The van der Waals surface area contributed by atoms with Crippen LogP contribution in [0, 0.1) is 0 Å². The minimum atomic E-state index is -0.0479. The number of thioether (sulfide) groups is 1. The molecule has 1 aromatic heterocycles. The van der Waals surface area contributed by atoms with Crippen LogP contribution in [0.4, 0.5) is 4.79 Å². The molecule has 1 saturated carbocycles. The summed E-state index contributed by atoms with van der Waals surface area (Å²) >= 11 is 2.01. The van der Waals surface area contributed by atoms with E-state index in [0.717, 1.165) is 56.1 Å². The van der Waals surface area contributed by atoms with Crippen LogP contribution in [0.1, 0.15) is 44.3 Å². The van der Waals surface area contributed by atoms with Crippen LogP contribution >= 0.6 is 11.8 Å². The van der Waals surface area contributed by atoms with Crippen molar-refractivity contribution in [2.45, 2.75) is 63.3 Å². The minimum absolute atomic E-state index is 0.0479. The third kappa shape index (κ3) is 3.74. The van der Waals surface area contributed by atoms with Gasteiger partial charge in [0.1, 0.15) is 11.6 Å². The summed E-state index contributed by atoms with van der Waals surface area (Å²) in [6.45, 7) is 3.83. The Hall–Kier alpha value is -1.24. The highest BCUT2D eigenvalue weighted by Crippen LogP contribution is 2.29. The second-order valence-electron chi connectivity index (χ2n) is 6.03. The summed E-state index contributed by atoms with van der Waals surface area (Å²) < 4.78 is 2.18. The molecule has 2 N–H and O–H groups in total. The van der Waals surface area contributed by atoms with Crippen LogP contribution in [0.25, 0.3) is 0 Å². The number of nitrogens with zero attached hydrogens (tertiary/aromatic N) is 3. The number of nitrogens with one attached hydrogen (secondary N) is 2. The van der Waals surface area contributed by atoms with E-state index in [2.05, 4.69) is 32.3 Å². The summed E-state index contributed by atoms with van der Waals surface area (Å²) in [4.78, 5) is 12.0. The molecule has 0 radical (unpaired) electrons. The molecule has 1 fully saturated rings. The number of rotatable bonds is 6. The Kier molecular flexibility index (Phi) is 5.23. The normalized spacial score (nSPS) is 23.5. The zero-order valence-corrected chi connectivity index (χ0v) is 14.0. The third-order valence-electron chi connectivity index (χ3n) is 4.44. The number of aryl methyl sites for hydroxylation is 1. The lowest BCUT2D eigenvalue weighted by atomic mass is 10.2. The van der Waals surface area contributed by atoms with Gasteiger partial charge in [-0.1, -0.05) is 6.92 Å². The molecule has 6 nitrogen and oxygen atoms in total. The van der Waals surface area contributed by atoms with Crippen molar-refractivity contribution in [3.05, 3.63) is 11.6 Å². The predicted molar refractivity (Wildman–Crippen MR) is 88.1 cm³/mol. The van der Waals surface area contributed by atoms with E-state index in [1.54, 1.807) is 0 Å². The van der Waals surface area contributed by atoms with Crippen LogP contribution in [0.3, 0.4) is 0 Å². The van der Waals surface area contributed by atoms with Crippen molar-refractivity contribution in [2.75, 3.05) is 12.3 Å². The van der Waals surface area contributed by atoms with Crippen LogP contribution < -0.4 is 10.6 Å². The van der Waals surface area contributed by atoms with Crippen LogP contribution in [0.2, 0.25) is 0 Å². The van der Waals surface area contributed by atoms with E-state index < -0.39 is 0 Å². The van der Waals surface area contributed by atoms with Gasteiger partial charge >= 0.3 is 6.03 Å². The molecule has 0 aromatic carbocycles. The van der Waals surface area contributed by atoms with Gasteiger partial charge in [-0.3, -0.25) is 0 Å². The van der Waals surface area contributed by atoms with E-state index in [4.69, 9.17) is 0 Å². The molecule has 1 aromatic rings. The first-order chi connectivity index (χ1) is 10.8. The Labute approximate surface area is 135 Å². The second kappa shape index (κ2) is 7.35. The van der Waals surface area contributed by atoms with Gasteiger partial charge in [0.25, 0.3) is 0 Å². The summed E-state index contributed by atoms with van der Waals surface area (Å²) in [6.07, 6.45) is 6.35. The number of fused-ring (bicyclic) bond motifs is 1. The molecule has 2 atom stereocenters. The maximum absolute atomic E-state index is 12.0. The number of amides is 2. The lowest BCUT2D eigenvalue weighted by molar-refractivity contribution is 0.237. The molecule has 0 saturated heterocycles. The van der Waals surface area contributed by atoms with Gasteiger partial charge in [-0.05, 0) is 31.4 Å². The fourth-order valence-electron chi connectivity index (χ4n) is 3.38. The maximum Gasteiger partial charge on any atom is 0.315 e. The topological polar surface area (TPSA) is 71.8 Å². The van der Waals surface area contributed by atoms with E-state index in [9.17, 15) is 4.79 Å². The standard InChI is InChI=1S/C15H25N5OS/c1-2-22-12-6-5-11(10-12)17-15(21)16-8-7-14-19-18-13-4-3-9-20(13)14/h11-12H,2-10H2,1H3,(H2,16,17,21)/t11-,12-/m1/s1. The average Bonchev–Trinajstić information content (AvgIpc) is 3.18. The van der Waals surface area contributed by atoms with Gasteiger partial charge in [-0.15, -0.1) is 10.2 Å². The third-order valence-corrected chi connectivity index (χ3v) is 5.68. The zero-order valence-electron chi connectivity index (χ0n) is 13.2. The highest BCUT2D eigenvalue weighted by atomic mass is 32.2. The molecular formula is C15H25N5OS. The number of hydrogen-bond donors (Lipinski definition) is 2. The van der Waals surface area contributed by atoms with E-state index in [1.807, 2.05) is 11.8 Å². The summed E-state index contributed by atoms with van der Waals surface area (Å²) in [5.74, 6) is 3.24. The molecule has 7 heteroatoms. The molecule has 22 heavy (non-hydrogen) atoms. The maximum atomic E-state index is 12.0. The van der Waals surface area contributed by atoms with Crippen LogP contribution in [-0.4, -0.2) is 44.4 Å². The number of carbonyl (C=O) groups is 1. The molecule has 0 bridgehead atoms. The molecule has 0 spiro atoms. The highest BCUT2D eigenvalue weighted by molar-refractivity contribution is 7.99. The molecule has 122 valence electrons. The largest absolute Gasteiger partial charge is 0.338 e. The van der Waals surface area contributed by atoms with Gasteiger partial charge in [-0.2, -0.15) is 11.8 Å². The first-order valence-corrected chi connectivity index (χ1v) is 9.38. The zero-order chi connectivity index (χ0) is 15.4. The Morgan fingerprint density at radius 3 is 3.18 bits per heavy atom. The van der Waals surface area contributed by atoms with Gasteiger partial charge in [0, 0.05) is 37.2 Å². The summed E-state index contributed by atoms with van der Waals surface area (Å²) in [6, 6.07) is 0.287. The van der Waals surface area contributed by atoms with Crippen molar-refractivity contribution in [3.8, 4) is 0 Å². The Morgan fingerprint density at radius 2 is 2.32 bits per heavy atom. The predicted octanol–water partition coefficient (Wildman–Crippen LogP) is 1.74. The van der Waals surface area contributed by atoms with Crippen molar-refractivity contribution >= 4 is 17.8 Å². The van der Waals surface area contributed by atoms with Gasteiger partial charge in [-0.25, -0.2) is 4.79 Å². The Morgan fingerprint density at radius 1 is 1.41 bits per heavy atom. The monoisotopic (exact) mass is 323 g/mol. The summed E-state index contributed by atoms with van der Waals surface area (Å²) in [5, 5.41) is 15.2. The molecule has 2 amide bonds. The van der Waals surface area contributed by atoms with E-state index in [0.29, 0.717) is 17.8 Å². The average molecular weight is 323 g/mol. The van der Waals surface area contributed by atoms with Gasteiger partial charge in [0.05, 0.1) is 0 Å². The van der Waals surface area contributed by atoms with Crippen LogP contribution in [0.5, 0.6) is 0 Å². The SMILES string of the molecule is CCS[C@@H]1CC[C@@H](NC(=O)NCCc2nnc3n2CCC3)C1. The Balaban J connectivity index is 1.36. The Bertz CT molecular complexity index is 518. The first-order valence-electron chi connectivity index (χ1n) is 8.33. The summed E-state index contributed by atoms with van der Waals surface area (Å²) in [5.41, 5.74) is 0. The van der Waals surface area contributed by atoms with E-state index in [-0.39, 0.29) is 6.03 Å². The fraction of sp³-hybridized carbons (Fsp3) is 0.800. The van der Waals surface area contributed by atoms with E-state index >= 15 is 0 Å². The quantitative estimate of drug-likeness (QED) is 0.836. The molecule has 2 aliphatic rings. The first kappa shape index (κ1) is 15.6. The smallest absolute Gasteiger partial charge is 0.315 e. The van der Waals surface area contributed by atoms with Gasteiger partial charge in [0.15, 0.2) is 0 Å². The number of hydrogen-bond acceptors (Lipinski definition) is 4. The van der Waals surface area contributed by atoms with Gasteiger partial charge < -0.3 is 15.2 Å². The molecule has 1 aliphatic carbocycles. The van der Waals surface area contributed by atoms with Crippen molar-refractivity contribution < 1.29 is 4.79 Å². The minimum Gasteiger partial charge on any atom is -0.338 e. The molecular weight excluding hydrogens is 298 g/mol. The van der Waals surface area contributed by atoms with Crippen LogP contribution in [-0.2, 0) is 19.4 Å². The van der Waals surface area contributed by atoms with Crippen molar-refractivity contribution in [3.63, 3.8) is 0 Å². The number of carbonyl (C=O) groups excluding carboxylic acids is 1. The fourth-order valence-corrected chi connectivity index (χ4v) is 4.52. The van der Waals surface area contributed by atoms with Crippen molar-refractivity contribution in [1.82, 2.24) is 25.4 Å². The van der Waals surface area contributed by atoms with Crippen LogP contribution in [0.15, 0.2) is 0 Å².